The third kappa shape index (κ3) is 3.34. The average Bonchev–Trinajstić information content (AvgIpc) is 3.06. The highest BCUT2D eigenvalue weighted by Crippen LogP contribution is 2.30. The zero-order valence-corrected chi connectivity index (χ0v) is 14.9. The van der Waals surface area contributed by atoms with E-state index in [1.807, 2.05) is 6.07 Å². The number of aliphatic hydroxyl groups excluding tert-OH is 1. The number of halogens is 2. The van der Waals surface area contributed by atoms with Crippen LogP contribution in [0.5, 0.6) is 0 Å². The monoisotopic (exact) mass is 383 g/mol. The van der Waals surface area contributed by atoms with E-state index >= 15 is 0 Å². The first kappa shape index (κ1) is 17.4. The molecule has 0 amide bonds. The van der Waals surface area contributed by atoms with Gasteiger partial charge in [0.2, 0.25) is 0 Å². The van der Waals surface area contributed by atoms with Gasteiger partial charge in [-0.15, -0.1) is 0 Å². The summed E-state index contributed by atoms with van der Waals surface area (Å²) in [6.45, 7) is 0.425. The fourth-order valence-corrected chi connectivity index (χ4v) is 3.00. The first-order valence-electron chi connectivity index (χ1n) is 8.26. The molecular formula is C19H15ClFN5O. The summed E-state index contributed by atoms with van der Waals surface area (Å²) in [7, 11) is 0. The number of hydrogen-bond acceptors (Lipinski definition) is 5. The summed E-state index contributed by atoms with van der Waals surface area (Å²) in [5.41, 5.74) is 2.41. The Balaban J connectivity index is 1.88. The first-order valence-corrected chi connectivity index (χ1v) is 8.64. The van der Waals surface area contributed by atoms with Gasteiger partial charge in [-0.25, -0.2) is 14.4 Å². The Labute approximate surface area is 159 Å². The maximum Gasteiger partial charge on any atom is 0.148 e. The standard InChI is InChI=1S/C19H15ClFN5O/c20-13-2-3-16(14(21)9-13)26-17-11-22-6-5-15(17)25-19(26)12-1-4-18(24-10-12)23-7-8-27/h1-6,9-11,27H,7-8H2,(H,23,24). The zero-order chi connectivity index (χ0) is 18.8. The van der Waals surface area contributed by atoms with E-state index in [1.54, 1.807) is 47.4 Å². The number of rotatable bonds is 5. The molecule has 0 spiro atoms. The number of aliphatic hydroxyl groups is 1. The largest absolute Gasteiger partial charge is 0.395 e. The van der Waals surface area contributed by atoms with Crippen LogP contribution in [-0.4, -0.2) is 37.8 Å². The van der Waals surface area contributed by atoms with Crippen molar-refractivity contribution in [2.75, 3.05) is 18.5 Å². The summed E-state index contributed by atoms with van der Waals surface area (Å²) in [4.78, 5) is 13.1. The van der Waals surface area contributed by atoms with Crippen LogP contribution in [0.2, 0.25) is 5.02 Å². The van der Waals surface area contributed by atoms with Crippen LogP contribution in [0.4, 0.5) is 10.2 Å². The van der Waals surface area contributed by atoms with Gasteiger partial charge in [-0.2, -0.15) is 0 Å². The van der Waals surface area contributed by atoms with Gasteiger partial charge < -0.3 is 10.4 Å². The lowest BCUT2D eigenvalue weighted by molar-refractivity contribution is 0.311. The lowest BCUT2D eigenvalue weighted by Crippen LogP contribution is -2.07. The van der Waals surface area contributed by atoms with E-state index in [0.717, 1.165) is 5.56 Å². The van der Waals surface area contributed by atoms with Crippen LogP contribution >= 0.6 is 11.6 Å². The maximum atomic E-state index is 14.6. The number of fused-ring (bicyclic) bond motifs is 1. The van der Waals surface area contributed by atoms with Crippen molar-refractivity contribution in [1.82, 2.24) is 19.5 Å². The number of imidazole rings is 1. The quantitative estimate of drug-likeness (QED) is 0.550. The molecule has 0 radical (unpaired) electrons. The minimum Gasteiger partial charge on any atom is -0.395 e. The van der Waals surface area contributed by atoms with Crippen LogP contribution in [0.1, 0.15) is 0 Å². The number of anilines is 1. The lowest BCUT2D eigenvalue weighted by Gasteiger charge is -2.11. The summed E-state index contributed by atoms with van der Waals surface area (Å²) in [5.74, 6) is 0.719. The van der Waals surface area contributed by atoms with Gasteiger partial charge in [-0.1, -0.05) is 11.6 Å². The highest BCUT2D eigenvalue weighted by atomic mass is 35.5. The first-order chi connectivity index (χ1) is 13.2. The zero-order valence-electron chi connectivity index (χ0n) is 14.1. The Hall–Kier alpha value is -3.03. The topological polar surface area (TPSA) is 75.9 Å². The molecule has 2 N–H and O–H groups in total. The predicted octanol–water partition coefficient (Wildman–Crippen LogP) is 3.68. The van der Waals surface area contributed by atoms with Crippen LogP contribution in [0, 0.1) is 5.82 Å². The summed E-state index contributed by atoms with van der Waals surface area (Å²) >= 11 is 5.90. The predicted molar refractivity (Wildman–Crippen MR) is 103 cm³/mol. The molecule has 6 nitrogen and oxygen atoms in total. The van der Waals surface area contributed by atoms with E-state index in [2.05, 4.69) is 20.3 Å². The number of pyridine rings is 2. The van der Waals surface area contributed by atoms with Crippen LogP contribution in [0.25, 0.3) is 28.1 Å². The minimum absolute atomic E-state index is 0.0159. The van der Waals surface area contributed by atoms with Gasteiger partial charge in [-0.3, -0.25) is 9.55 Å². The van der Waals surface area contributed by atoms with E-state index in [0.29, 0.717) is 39.9 Å². The summed E-state index contributed by atoms with van der Waals surface area (Å²) in [6.07, 6.45) is 4.94. The molecule has 0 bridgehead atoms. The molecule has 0 saturated heterocycles. The van der Waals surface area contributed by atoms with Gasteiger partial charge in [-0.05, 0) is 36.4 Å². The van der Waals surface area contributed by atoms with E-state index < -0.39 is 5.82 Å². The fraction of sp³-hybridized carbons (Fsp3) is 0.105. The smallest absolute Gasteiger partial charge is 0.148 e. The summed E-state index contributed by atoms with van der Waals surface area (Å²) in [5, 5.41) is 12.2. The van der Waals surface area contributed by atoms with Crippen LogP contribution < -0.4 is 5.32 Å². The second kappa shape index (κ2) is 7.30. The van der Waals surface area contributed by atoms with Crippen LogP contribution in [0.3, 0.4) is 0 Å². The second-order valence-corrected chi connectivity index (χ2v) is 6.25. The van der Waals surface area contributed by atoms with Crippen molar-refractivity contribution < 1.29 is 9.50 Å². The van der Waals surface area contributed by atoms with Gasteiger partial charge >= 0.3 is 0 Å². The normalized spacial score (nSPS) is 11.1. The Morgan fingerprint density at radius 3 is 2.78 bits per heavy atom. The SMILES string of the molecule is OCCNc1ccc(-c2nc3ccncc3n2-c2ccc(Cl)cc2F)cn1. The number of benzene rings is 1. The Bertz CT molecular complexity index is 1100. The van der Waals surface area contributed by atoms with Crippen molar-refractivity contribution in [1.29, 1.82) is 0 Å². The van der Waals surface area contributed by atoms with Crippen molar-refractivity contribution in [3.05, 3.63) is 65.8 Å². The minimum atomic E-state index is -0.457. The number of aromatic nitrogens is 4. The van der Waals surface area contributed by atoms with Crippen molar-refractivity contribution in [2.24, 2.45) is 0 Å². The number of nitrogens with zero attached hydrogens (tertiary/aromatic N) is 4. The molecule has 8 heteroatoms. The van der Waals surface area contributed by atoms with E-state index in [9.17, 15) is 4.39 Å². The summed E-state index contributed by atoms with van der Waals surface area (Å²) in [6, 6.07) is 9.90. The molecule has 136 valence electrons. The molecule has 0 aliphatic carbocycles. The van der Waals surface area contributed by atoms with E-state index in [1.165, 1.54) is 6.07 Å². The molecule has 0 aliphatic heterocycles. The molecular weight excluding hydrogens is 369 g/mol. The van der Waals surface area contributed by atoms with E-state index in [4.69, 9.17) is 16.7 Å². The van der Waals surface area contributed by atoms with E-state index in [-0.39, 0.29) is 6.61 Å². The molecule has 4 rings (SSSR count). The molecule has 0 unspecified atom stereocenters. The van der Waals surface area contributed by atoms with Crippen LogP contribution in [-0.2, 0) is 0 Å². The Kier molecular flexibility index (Phi) is 4.70. The average molecular weight is 384 g/mol. The maximum absolute atomic E-state index is 14.6. The van der Waals surface area contributed by atoms with Gasteiger partial charge in [0.25, 0.3) is 0 Å². The van der Waals surface area contributed by atoms with Gasteiger partial charge in [0.1, 0.15) is 17.5 Å². The third-order valence-corrected chi connectivity index (χ3v) is 4.28. The van der Waals surface area contributed by atoms with Crippen molar-refractivity contribution in [3.8, 4) is 17.1 Å². The third-order valence-electron chi connectivity index (χ3n) is 4.05. The highest BCUT2D eigenvalue weighted by Gasteiger charge is 2.17. The molecule has 0 saturated carbocycles. The van der Waals surface area contributed by atoms with Crippen molar-refractivity contribution in [2.45, 2.75) is 0 Å². The Morgan fingerprint density at radius 2 is 2.04 bits per heavy atom. The fourth-order valence-electron chi connectivity index (χ4n) is 2.84. The number of nitrogens with one attached hydrogen (secondary N) is 1. The molecule has 4 aromatic rings. The molecule has 1 aromatic carbocycles. The van der Waals surface area contributed by atoms with Crippen LogP contribution in [0.15, 0.2) is 55.0 Å². The number of hydrogen-bond donors (Lipinski definition) is 2. The molecule has 0 aliphatic rings. The molecule has 0 fully saturated rings. The van der Waals surface area contributed by atoms with Gasteiger partial charge in [0, 0.05) is 29.5 Å². The van der Waals surface area contributed by atoms with Crippen molar-refractivity contribution >= 4 is 28.5 Å². The van der Waals surface area contributed by atoms with Crippen molar-refractivity contribution in [3.63, 3.8) is 0 Å². The second-order valence-electron chi connectivity index (χ2n) is 5.81. The molecule has 3 aromatic heterocycles. The molecule has 3 heterocycles. The van der Waals surface area contributed by atoms with Gasteiger partial charge in [0.05, 0.1) is 29.5 Å². The highest BCUT2D eigenvalue weighted by molar-refractivity contribution is 6.30. The lowest BCUT2D eigenvalue weighted by atomic mass is 10.2. The summed E-state index contributed by atoms with van der Waals surface area (Å²) < 4.78 is 16.3. The van der Waals surface area contributed by atoms with Gasteiger partial charge in [0.15, 0.2) is 0 Å². The molecule has 27 heavy (non-hydrogen) atoms. The molecule has 0 atom stereocenters. The Morgan fingerprint density at radius 1 is 1.15 bits per heavy atom.